The molecule has 1 fully saturated rings. The summed E-state index contributed by atoms with van der Waals surface area (Å²) in [4.78, 5) is 7.77. The molecule has 0 bridgehead atoms. The minimum Gasteiger partial charge on any atom is -0.396 e. The van der Waals surface area contributed by atoms with Crippen LogP contribution in [0.4, 0.5) is 19.0 Å². The minimum atomic E-state index is -4.49. The summed E-state index contributed by atoms with van der Waals surface area (Å²) in [6.07, 6.45) is -1.07. The second-order valence-corrected chi connectivity index (χ2v) is 6.85. The fraction of sp³-hybridized carbons (Fsp3) is 0.688. The van der Waals surface area contributed by atoms with Gasteiger partial charge in [0.15, 0.2) is 0 Å². The number of halogens is 4. The number of alkyl halides is 3. The third-order valence-corrected chi connectivity index (χ3v) is 4.74. The van der Waals surface area contributed by atoms with E-state index in [4.69, 9.17) is 16.7 Å². The Morgan fingerprint density at radius 2 is 2.12 bits per heavy atom. The standard InChI is InChI=1S/C16H23ClF3N3O/c1-22(2)14-5-6-23(10-11(14)4-3-7-24)15-13(16(18,19)20)8-12(17)9-21-15/h8-9,11,14,24H,3-7,10H2,1-2H3/t11-,14+/m0/s1. The van der Waals surface area contributed by atoms with Gasteiger partial charge in [0.2, 0.25) is 0 Å². The van der Waals surface area contributed by atoms with Gasteiger partial charge in [0.1, 0.15) is 5.82 Å². The number of aromatic nitrogens is 1. The van der Waals surface area contributed by atoms with E-state index in [2.05, 4.69) is 9.88 Å². The molecule has 0 radical (unpaired) electrons. The zero-order valence-corrected chi connectivity index (χ0v) is 14.6. The molecule has 2 atom stereocenters. The molecular weight excluding hydrogens is 343 g/mol. The van der Waals surface area contributed by atoms with E-state index in [1.54, 1.807) is 4.90 Å². The summed E-state index contributed by atoms with van der Waals surface area (Å²) in [5.74, 6) is 0.123. The van der Waals surface area contributed by atoms with Gasteiger partial charge in [-0.2, -0.15) is 13.2 Å². The van der Waals surface area contributed by atoms with Gasteiger partial charge in [-0.25, -0.2) is 4.98 Å². The molecule has 2 rings (SSSR count). The van der Waals surface area contributed by atoms with Crippen LogP contribution in [0.1, 0.15) is 24.8 Å². The molecule has 24 heavy (non-hydrogen) atoms. The van der Waals surface area contributed by atoms with Gasteiger partial charge in [-0.15, -0.1) is 0 Å². The van der Waals surface area contributed by atoms with Crippen molar-refractivity contribution in [1.82, 2.24) is 9.88 Å². The van der Waals surface area contributed by atoms with Crippen LogP contribution >= 0.6 is 11.6 Å². The first-order valence-corrected chi connectivity index (χ1v) is 8.36. The molecule has 136 valence electrons. The molecular formula is C16H23ClF3N3O. The number of pyridine rings is 1. The number of hydrogen-bond donors (Lipinski definition) is 1. The molecule has 1 saturated heterocycles. The summed E-state index contributed by atoms with van der Waals surface area (Å²) in [7, 11) is 3.96. The van der Waals surface area contributed by atoms with E-state index in [-0.39, 0.29) is 29.4 Å². The number of hydrogen-bond acceptors (Lipinski definition) is 4. The van der Waals surface area contributed by atoms with Crippen LogP contribution in [0.2, 0.25) is 5.02 Å². The Hall–Kier alpha value is -1.05. The SMILES string of the molecule is CN(C)[C@@H]1CCN(c2ncc(Cl)cc2C(F)(F)F)C[C@@H]1CCCO. The van der Waals surface area contributed by atoms with E-state index >= 15 is 0 Å². The van der Waals surface area contributed by atoms with Crippen molar-refractivity contribution >= 4 is 17.4 Å². The summed E-state index contributed by atoms with van der Waals surface area (Å²) in [6.45, 7) is 1.08. The first kappa shape index (κ1) is 19.3. The third-order valence-electron chi connectivity index (χ3n) is 4.53. The van der Waals surface area contributed by atoms with Crippen LogP contribution in [0.5, 0.6) is 0 Å². The quantitative estimate of drug-likeness (QED) is 0.869. The van der Waals surface area contributed by atoms with Crippen molar-refractivity contribution in [3.63, 3.8) is 0 Å². The maximum absolute atomic E-state index is 13.3. The molecule has 4 nitrogen and oxygen atoms in total. The molecule has 0 amide bonds. The van der Waals surface area contributed by atoms with Gasteiger partial charge in [-0.05, 0) is 45.3 Å². The minimum absolute atomic E-state index is 0.0221. The van der Waals surface area contributed by atoms with Gasteiger partial charge >= 0.3 is 6.18 Å². The maximum Gasteiger partial charge on any atom is 0.420 e. The highest BCUT2D eigenvalue weighted by atomic mass is 35.5. The fourth-order valence-electron chi connectivity index (χ4n) is 3.42. The molecule has 0 spiro atoms. The molecule has 1 aromatic rings. The van der Waals surface area contributed by atoms with Gasteiger partial charge in [0.25, 0.3) is 0 Å². The smallest absolute Gasteiger partial charge is 0.396 e. The first-order chi connectivity index (χ1) is 11.2. The summed E-state index contributed by atoms with van der Waals surface area (Å²) >= 11 is 5.71. The van der Waals surface area contributed by atoms with Crippen molar-refractivity contribution in [3.8, 4) is 0 Å². The van der Waals surface area contributed by atoms with Crippen LogP contribution in [0.15, 0.2) is 12.3 Å². The first-order valence-electron chi connectivity index (χ1n) is 7.99. The number of aliphatic hydroxyl groups is 1. The van der Waals surface area contributed by atoms with E-state index < -0.39 is 11.7 Å². The highest BCUT2D eigenvalue weighted by Gasteiger charge is 2.38. The highest BCUT2D eigenvalue weighted by molar-refractivity contribution is 6.30. The number of rotatable bonds is 5. The topological polar surface area (TPSA) is 39.6 Å². The number of aliphatic hydroxyl groups excluding tert-OH is 1. The summed E-state index contributed by atoms with van der Waals surface area (Å²) in [5.41, 5.74) is -0.792. The Morgan fingerprint density at radius 1 is 1.42 bits per heavy atom. The van der Waals surface area contributed by atoms with Crippen molar-refractivity contribution < 1.29 is 18.3 Å². The Balaban J connectivity index is 2.27. The number of anilines is 1. The summed E-state index contributed by atoms with van der Waals surface area (Å²) < 4.78 is 40.0. The fourth-order valence-corrected chi connectivity index (χ4v) is 3.58. The Bertz CT molecular complexity index is 554. The van der Waals surface area contributed by atoms with Crippen LogP contribution in [0.3, 0.4) is 0 Å². The molecule has 1 N–H and O–H groups in total. The summed E-state index contributed by atoms with van der Waals surface area (Å²) in [6, 6.07) is 1.22. The van der Waals surface area contributed by atoms with Gasteiger partial charge in [-0.1, -0.05) is 11.6 Å². The molecule has 0 aromatic carbocycles. The average Bonchev–Trinajstić information content (AvgIpc) is 2.51. The molecule has 8 heteroatoms. The molecule has 1 aliphatic rings. The van der Waals surface area contributed by atoms with Crippen LogP contribution in [-0.4, -0.2) is 54.8 Å². The highest BCUT2D eigenvalue weighted by Crippen LogP contribution is 2.38. The van der Waals surface area contributed by atoms with Crippen molar-refractivity contribution in [3.05, 3.63) is 22.8 Å². The zero-order chi connectivity index (χ0) is 17.9. The third kappa shape index (κ3) is 4.52. The van der Waals surface area contributed by atoms with Crippen LogP contribution in [-0.2, 0) is 6.18 Å². The zero-order valence-electron chi connectivity index (χ0n) is 13.9. The molecule has 1 aliphatic heterocycles. The van der Waals surface area contributed by atoms with E-state index in [0.717, 1.165) is 18.9 Å². The van der Waals surface area contributed by atoms with Gasteiger partial charge in [0, 0.05) is 31.9 Å². The van der Waals surface area contributed by atoms with Crippen LogP contribution in [0, 0.1) is 5.92 Å². The lowest BCUT2D eigenvalue weighted by molar-refractivity contribution is -0.137. The predicted molar refractivity (Wildman–Crippen MR) is 88.4 cm³/mol. The predicted octanol–water partition coefficient (Wildman–Crippen LogP) is 3.28. The largest absolute Gasteiger partial charge is 0.420 e. The van der Waals surface area contributed by atoms with E-state index in [1.807, 2.05) is 14.1 Å². The van der Waals surface area contributed by atoms with E-state index in [9.17, 15) is 13.2 Å². The van der Waals surface area contributed by atoms with Crippen LogP contribution in [0.25, 0.3) is 0 Å². The van der Waals surface area contributed by atoms with E-state index in [1.165, 1.54) is 6.20 Å². The van der Waals surface area contributed by atoms with Gasteiger partial charge < -0.3 is 14.9 Å². The normalized spacial score (nSPS) is 22.2. The second kappa shape index (κ2) is 7.89. The second-order valence-electron chi connectivity index (χ2n) is 6.41. The van der Waals surface area contributed by atoms with E-state index in [0.29, 0.717) is 19.5 Å². The van der Waals surface area contributed by atoms with Crippen molar-refractivity contribution in [2.75, 3.05) is 38.7 Å². The van der Waals surface area contributed by atoms with Crippen molar-refractivity contribution in [2.45, 2.75) is 31.5 Å². The Morgan fingerprint density at radius 3 is 2.71 bits per heavy atom. The van der Waals surface area contributed by atoms with Gasteiger partial charge in [0.05, 0.1) is 10.6 Å². The maximum atomic E-state index is 13.3. The number of nitrogens with zero attached hydrogens (tertiary/aromatic N) is 3. The van der Waals surface area contributed by atoms with Crippen molar-refractivity contribution in [2.24, 2.45) is 5.92 Å². The monoisotopic (exact) mass is 365 g/mol. The van der Waals surface area contributed by atoms with Crippen molar-refractivity contribution in [1.29, 1.82) is 0 Å². The lowest BCUT2D eigenvalue weighted by atomic mass is 9.87. The molecule has 1 aromatic heterocycles. The Labute approximate surface area is 145 Å². The molecule has 0 unspecified atom stereocenters. The summed E-state index contributed by atoms with van der Waals surface area (Å²) in [5, 5.41) is 9.06. The molecule has 0 aliphatic carbocycles. The lowest BCUT2D eigenvalue weighted by Crippen LogP contribution is -2.49. The van der Waals surface area contributed by atoms with Gasteiger partial charge in [-0.3, -0.25) is 0 Å². The Kier molecular flexibility index (Phi) is 6.33. The molecule has 2 heterocycles. The number of piperidine rings is 1. The molecule has 0 saturated carbocycles. The average molecular weight is 366 g/mol. The van der Waals surface area contributed by atoms with Crippen LogP contribution < -0.4 is 4.90 Å². The lowest BCUT2D eigenvalue weighted by Gasteiger charge is -2.42.